The third kappa shape index (κ3) is 3.86. The number of hydrogen-bond acceptors (Lipinski definition) is 6. The molecule has 4 aromatic rings. The molecule has 2 atom stereocenters. The van der Waals surface area contributed by atoms with Crippen molar-refractivity contribution in [3.8, 4) is 11.4 Å². The number of nitrogens with two attached hydrogens (primary N) is 1. The van der Waals surface area contributed by atoms with Crippen LogP contribution in [0.5, 0.6) is 0 Å². The van der Waals surface area contributed by atoms with Gasteiger partial charge in [-0.15, -0.1) is 0 Å². The zero-order valence-electron chi connectivity index (χ0n) is 19.2. The van der Waals surface area contributed by atoms with Crippen molar-refractivity contribution >= 4 is 22.8 Å². The van der Waals surface area contributed by atoms with Gasteiger partial charge < -0.3 is 19.6 Å². The molecule has 8 heteroatoms. The van der Waals surface area contributed by atoms with Crippen molar-refractivity contribution < 1.29 is 9.21 Å². The van der Waals surface area contributed by atoms with Crippen LogP contribution in [0.25, 0.3) is 22.4 Å². The molecule has 2 N–H and O–H groups in total. The van der Waals surface area contributed by atoms with Crippen LogP contribution in [0.2, 0.25) is 0 Å². The summed E-state index contributed by atoms with van der Waals surface area (Å²) in [4.78, 5) is 28.3. The van der Waals surface area contributed by atoms with Gasteiger partial charge in [-0.3, -0.25) is 4.79 Å². The van der Waals surface area contributed by atoms with Crippen LogP contribution in [-0.2, 0) is 13.0 Å². The van der Waals surface area contributed by atoms with Crippen molar-refractivity contribution in [3.63, 3.8) is 0 Å². The molecule has 1 aliphatic rings. The second-order valence-corrected chi connectivity index (χ2v) is 8.76. The highest BCUT2D eigenvalue weighted by Crippen LogP contribution is 2.31. The molecule has 1 aliphatic heterocycles. The van der Waals surface area contributed by atoms with Gasteiger partial charge in [-0.2, -0.15) is 0 Å². The number of carbonyl (C=O) groups excluding carboxylic acids is 1. The van der Waals surface area contributed by atoms with Crippen LogP contribution in [0.4, 0.5) is 5.82 Å². The van der Waals surface area contributed by atoms with Gasteiger partial charge in [-0.1, -0.05) is 6.92 Å². The Morgan fingerprint density at radius 1 is 1.15 bits per heavy atom. The Kier molecular flexibility index (Phi) is 5.36. The van der Waals surface area contributed by atoms with Gasteiger partial charge in [-0.05, 0) is 57.0 Å². The van der Waals surface area contributed by atoms with E-state index in [9.17, 15) is 4.79 Å². The average Bonchev–Trinajstić information content (AvgIpc) is 3.51. The molecule has 4 heterocycles. The maximum absolute atomic E-state index is 11.7. The van der Waals surface area contributed by atoms with Crippen molar-refractivity contribution in [3.05, 3.63) is 59.9 Å². The van der Waals surface area contributed by atoms with Crippen LogP contribution in [0, 0.1) is 0 Å². The van der Waals surface area contributed by atoms with E-state index in [2.05, 4.69) is 40.4 Å². The van der Waals surface area contributed by atoms with Crippen LogP contribution in [0.15, 0.2) is 47.2 Å². The van der Waals surface area contributed by atoms with Crippen molar-refractivity contribution in [2.75, 3.05) is 4.90 Å². The van der Waals surface area contributed by atoms with Gasteiger partial charge in [0.25, 0.3) is 0 Å². The van der Waals surface area contributed by atoms with Crippen molar-refractivity contribution in [1.29, 1.82) is 0 Å². The standard InChI is InChI=1S/C25H28N6O2/c1-4-23-28-19(14-33-23)13-30-21-9-7-17(24(26)32)11-20(21)29-25(30)18-8-10-22(27-12-18)31-15(2)5-6-16(31)3/h7-12,14-16H,4-6,13H2,1-3H3,(H2,26,32)/t15-,16-/m0/s1. The molecular weight excluding hydrogens is 416 g/mol. The summed E-state index contributed by atoms with van der Waals surface area (Å²) < 4.78 is 7.62. The molecule has 0 saturated carbocycles. The number of oxazole rings is 1. The number of rotatable bonds is 6. The molecule has 1 saturated heterocycles. The highest BCUT2D eigenvalue weighted by Gasteiger charge is 2.28. The number of aryl methyl sites for hydroxylation is 1. The lowest BCUT2D eigenvalue weighted by Gasteiger charge is -2.27. The van der Waals surface area contributed by atoms with E-state index in [0.717, 1.165) is 34.8 Å². The largest absolute Gasteiger partial charge is 0.449 e. The Bertz CT molecular complexity index is 1300. The van der Waals surface area contributed by atoms with E-state index < -0.39 is 5.91 Å². The first-order valence-electron chi connectivity index (χ1n) is 11.4. The summed E-state index contributed by atoms with van der Waals surface area (Å²) in [7, 11) is 0. The number of primary amides is 1. The van der Waals surface area contributed by atoms with E-state index in [4.69, 9.17) is 20.1 Å². The second-order valence-electron chi connectivity index (χ2n) is 8.76. The fourth-order valence-electron chi connectivity index (χ4n) is 4.73. The van der Waals surface area contributed by atoms with Gasteiger partial charge in [0.2, 0.25) is 5.91 Å². The third-order valence-electron chi connectivity index (χ3n) is 6.48. The van der Waals surface area contributed by atoms with E-state index in [1.54, 1.807) is 18.4 Å². The Morgan fingerprint density at radius 3 is 2.58 bits per heavy atom. The van der Waals surface area contributed by atoms with Gasteiger partial charge >= 0.3 is 0 Å². The van der Waals surface area contributed by atoms with Crippen LogP contribution >= 0.6 is 0 Å². The number of anilines is 1. The number of aromatic nitrogens is 4. The van der Waals surface area contributed by atoms with Crippen LogP contribution in [-0.4, -0.2) is 37.5 Å². The maximum Gasteiger partial charge on any atom is 0.248 e. The lowest BCUT2D eigenvalue weighted by Crippen LogP contribution is -2.33. The zero-order chi connectivity index (χ0) is 23.1. The number of imidazole rings is 1. The quantitative estimate of drug-likeness (QED) is 0.479. The summed E-state index contributed by atoms with van der Waals surface area (Å²) in [5, 5.41) is 0. The Hall–Kier alpha value is -3.68. The molecule has 0 spiro atoms. The molecule has 1 amide bonds. The molecular formula is C25H28N6O2. The summed E-state index contributed by atoms with van der Waals surface area (Å²) in [5.41, 5.74) is 9.22. The third-order valence-corrected chi connectivity index (χ3v) is 6.48. The smallest absolute Gasteiger partial charge is 0.248 e. The van der Waals surface area contributed by atoms with Gasteiger partial charge in [0.15, 0.2) is 5.89 Å². The summed E-state index contributed by atoms with van der Waals surface area (Å²) in [5.74, 6) is 1.97. The average molecular weight is 445 g/mol. The molecule has 0 aliphatic carbocycles. The van der Waals surface area contributed by atoms with E-state index in [0.29, 0.717) is 35.6 Å². The molecule has 5 rings (SSSR count). The first-order valence-corrected chi connectivity index (χ1v) is 11.4. The van der Waals surface area contributed by atoms with E-state index >= 15 is 0 Å². The molecule has 0 bridgehead atoms. The Morgan fingerprint density at radius 2 is 1.94 bits per heavy atom. The maximum atomic E-state index is 11.7. The predicted octanol–water partition coefficient (Wildman–Crippen LogP) is 4.17. The minimum Gasteiger partial charge on any atom is -0.449 e. The number of pyridine rings is 1. The second kappa shape index (κ2) is 8.35. The lowest BCUT2D eigenvalue weighted by molar-refractivity contribution is 0.100. The predicted molar refractivity (Wildman–Crippen MR) is 127 cm³/mol. The molecule has 1 fully saturated rings. The molecule has 3 aromatic heterocycles. The Labute approximate surface area is 192 Å². The van der Waals surface area contributed by atoms with Gasteiger partial charge in [0, 0.05) is 35.8 Å². The number of amides is 1. The fourth-order valence-corrected chi connectivity index (χ4v) is 4.73. The van der Waals surface area contributed by atoms with Crippen molar-refractivity contribution in [1.82, 2.24) is 19.5 Å². The number of nitrogens with zero attached hydrogens (tertiary/aromatic N) is 5. The van der Waals surface area contributed by atoms with E-state index in [1.807, 2.05) is 19.2 Å². The molecule has 1 aromatic carbocycles. The summed E-state index contributed by atoms with van der Waals surface area (Å²) in [6.45, 7) is 7.00. The normalized spacial score (nSPS) is 18.3. The van der Waals surface area contributed by atoms with E-state index in [-0.39, 0.29) is 0 Å². The monoisotopic (exact) mass is 444 g/mol. The highest BCUT2D eigenvalue weighted by molar-refractivity contribution is 5.96. The first kappa shape index (κ1) is 21.2. The molecule has 33 heavy (non-hydrogen) atoms. The minimum absolute atomic E-state index is 0.430. The lowest BCUT2D eigenvalue weighted by atomic mass is 10.2. The van der Waals surface area contributed by atoms with Gasteiger partial charge in [0.05, 0.1) is 23.3 Å². The van der Waals surface area contributed by atoms with Crippen LogP contribution < -0.4 is 10.6 Å². The fraction of sp³-hybridized carbons (Fsp3) is 0.360. The van der Waals surface area contributed by atoms with Crippen molar-refractivity contribution in [2.45, 2.75) is 58.7 Å². The van der Waals surface area contributed by atoms with Gasteiger partial charge in [0.1, 0.15) is 17.9 Å². The number of fused-ring (bicyclic) bond motifs is 1. The Balaban J connectivity index is 1.57. The highest BCUT2D eigenvalue weighted by atomic mass is 16.3. The number of benzene rings is 1. The number of carbonyl (C=O) groups is 1. The van der Waals surface area contributed by atoms with Gasteiger partial charge in [-0.25, -0.2) is 15.0 Å². The topological polar surface area (TPSA) is 103 Å². The zero-order valence-corrected chi connectivity index (χ0v) is 19.2. The number of hydrogen-bond donors (Lipinski definition) is 1. The van der Waals surface area contributed by atoms with Crippen LogP contribution in [0.1, 0.15) is 55.6 Å². The molecule has 8 nitrogen and oxygen atoms in total. The molecule has 0 unspecified atom stereocenters. The minimum atomic E-state index is -0.475. The van der Waals surface area contributed by atoms with Crippen LogP contribution in [0.3, 0.4) is 0 Å². The summed E-state index contributed by atoms with van der Waals surface area (Å²) in [6, 6.07) is 10.4. The van der Waals surface area contributed by atoms with E-state index in [1.165, 1.54) is 12.8 Å². The summed E-state index contributed by atoms with van der Waals surface area (Å²) in [6.07, 6.45) is 6.65. The SMILES string of the molecule is CCc1nc(Cn2c(-c3ccc(N4[C@@H](C)CC[C@@H]4C)nc3)nc3cc(C(N)=O)ccc32)co1. The molecule has 170 valence electrons. The first-order chi connectivity index (χ1) is 15.9. The summed E-state index contributed by atoms with van der Waals surface area (Å²) >= 11 is 0. The molecule has 0 radical (unpaired) electrons. The van der Waals surface area contributed by atoms with Crippen molar-refractivity contribution in [2.24, 2.45) is 5.73 Å².